The maximum atomic E-state index is 12.8. The molecule has 12 heteroatoms. The number of hydrogen-bond donors (Lipinski definition) is 4. The Morgan fingerprint density at radius 1 is 1.31 bits per heavy atom. The molecule has 0 radical (unpaired) electrons. The number of carbonyl (C=O) groups excluding carboxylic acids is 3. The Balaban J connectivity index is 0.00000243. The van der Waals surface area contributed by atoms with E-state index in [9.17, 15) is 27.6 Å². The van der Waals surface area contributed by atoms with Crippen molar-refractivity contribution < 1.29 is 27.6 Å². The van der Waals surface area contributed by atoms with Gasteiger partial charge < -0.3 is 16.0 Å². The van der Waals surface area contributed by atoms with Crippen LogP contribution in [-0.2, 0) is 15.8 Å². The molecule has 1 aromatic carbocycles. The lowest BCUT2D eigenvalue weighted by molar-refractivity contribution is -0.144. The molecular weight excluding hydrogens is 379 g/mol. The molecule has 1 aromatic heterocycles. The van der Waals surface area contributed by atoms with Crippen molar-refractivity contribution in [2.75, 3.05) is 5.73 Å². The number of imidazole rings is 1. The molecule has 140 valence electrons. The summed E-state index contributed by atoms with van der Waals surface area (Å²) in [6.45, 7) is 0. The molecule has 1 fully saturated rings. The first-order valence-electron chi connectivity index (χ1n) is 7.17. The van der Waals surface area contributed by atoms with Crippen molar-refractivity contribution in [1.82, 2.24) is 20.6 Å². The number of H-pyrrole nitrogens is 1. The normalized spacial score (nSPS) is 17.6. The molecular formula is C14H13ClF3N5O3. The van der Waals surface area contributed by atoms with E-state index in [1.165, 1.54) is 12.1 Å². The summed E-state index contributed by atoms with van der Waals surface area (Å²) in [5.41, 5.74) is 5.09. The number of imide groups is 1. The first-order chi connectivity index (χ1) is 11.7. The van der Waals surface area contributed by atoms with Crippen molar-refractivity contribution in [3.8, 4) is 0 Å². The monoisotopic (exact) mass is 391 g/mol. The number of rotatable bonds is 2. The third-order valence-electron chi connectivity index (χ3n) is 3.73. The van der Waals surface area contributed by atoms with Crippen LogP contribution in [0.5, 0.6) is 0 Å². The molecule has 26 heavy (non-hydrogen) atoms. The van der Waals surface area contributed by atoms with Crippen molar-refractivity contribution >= 4 is 46.8 Å². The van der Waals surface area contributed by atoms with E-state index in [4.69, 9.17) is 5.73 Å². The van der Waals surface area contributed by atoms with Crippen LogP contribution in [0.4, 0.5) is 18.9 Å². The van der Waals surface area contributed by atoms with Gasteiger partial charge in [0.25, 0.3) is 5.91 Å². The van der Waals surface area contributed by atoms with Crippen LogP contribution < -0.4 is 16.4 Å². The van der Waals surface area contributed by atoms with E-state index < -0.39 is 35.8 Å². The van der Waals surface area contributed by atoms with Gasteiger partial charge in [-0.05, 0) is 18.6 Å². The van der Waals surface area contributed by atoms with Crippen LogP contribution in [0.15, 0.2) is 12.1 Å². The van der Waals surface area contributed by atoms with Crippen LogP contribution in [0.25, 0.3) is 11.0 Å². The van der Waals surface area contributed by atoms with Crippen molar-refractivity contribution in [2.24, 2.45) is 0 Å². The fraction of sp³-hybridized carbons (Fsp3) is 0.286. The highest BCUT2D eigenvalue weighted by molar-refractivity contribution is 6.11. The van der Waals surface area contributed by atoms with E-state index in [-0.39, 0.29) is 47.5 Å². The fourth-order valence-corrected chi connectivity index (χ4v) is 2.53. The average molecular weight is 392 g/mol. The molecule has 8 nitrogen and oxygen atoms in total. The lowest BCUT2D eigenvalue weighted by Crippen LogP contribution is -2.52. The van der Waals surface area contributed by atoms with Crippen LogP contribution in [-0.4, -0.2) is 33.7 Å². The number of piperidine rings is 1. The Labute approximate surface area is 150 Å². The molecule has 1 unspecified atom stereocenters. The molecule has 1 aliphatic heterocycles. The summed E-state index contributed by atoms with van der Waals surface area (Å²) in [4.78, 5) is 40.8. The zero-order chi connectivity index (χ0) is 18.4. The molecule has 0 spiro atoms. The number of anilines is 1. The number of alkyl halides is 3. The van der Waals surface area contributed by atoms with Gasteiger partial charge >= 0.3 is 6.18 Å². The number of aromatic nitrogens is 2. The van der Waals surface area contributed by atoms with E-state index in [1.54, 1.807) is 0 Å². The first-order valence-corrected chi connectivity index (χ1v) is 7.17. The highest BCUT2D eigenvalue weighted by Crippen LogP contribution is 2.31. The lowest BCUT2D eigenvalue weighted by atomic mass is 10.0. The van der Waals surface area contributed by atoms with Crippen molar-refractivity contribution in [3.05, 3.63) is 23.5 Å². The van der Waals surface area contributed by atoms with Crippen molar-refractivity contribution in [2.45, 2.75) is 25.1 Å². The molecule has 2 aromatic rings. The maximum absolute atomic E-state index is 12.8. The van der Waals surface area contributed by atoms with Gasteiger partial charge in [-0.25, -0.2) is 4.98 Å². The lowest BCUT2D eigenvalue weighted by Gasteiger charge is -2.22. The van der Waals surface area contributed by atoms with Gasteiger partial charge in [-0.15, -0.1) is 12.4 Å². The Kier molecular flexibility index (Phi) is 5.12. The number of fused-ring (bicyclic) bond motifs is 1. The Hall–Kier alpha value is -2.82. The van der Waals surface area contributed by atoms with E-state index in [0.717, 1.165) is 0 Å². The van der Waals surface area contributed by atoms with E-state index in [2.05, 4.69) is 20.6 Å². The summed E-state index contributed by atoms with van der Waals surface area (Å²) < 4.78 is 38.4. The second-order valence-corrected chi connectivity index (χ2v) is 5.49. The predicted molar refractivity (Wildman–Crippen MR) is 86.4 cm³/mol. The van der Waals surface area contributed by atoms with Crippen LogP contribution in [0.1, 0.15) is 29.0 Å². The quantitative estimate of drug-likeness (QED) is 0.450. The molecule has 5 N–H and O–H groups in total. The minimum Gasteiger partial charge on any atom is -0.398 e. The van der Waals surface area contributed by atoms with Gasteiger partial charge in [0.05, 0.1) is 11.1 Å². The van der Waals surface area contributed by atoms with Crippen LogP contribution in [0.3, 0.4) is 0 Å². The fourth-order valence-electron chi connectivity index (χ4n) is 2.53. The second-order valence-electron chi connectivity index (χ2n) is 5.49. The number of hydrogen-bond acceptors (Lipinski definition) is 5. The molecule has 2 heterocycles. The largest absolute Gasteiger partial charge is 0.449 e. The van der Waals surface area contributed by atoms with Gasteiger partial charge in [0, 0.05) is 12.1 Å². The minimum absolute atomic E-state index is 0. The minimum atomic E-state index is -4.72. The van der Waals surface area contributed by atoms with E-state index >= 15 is 0 Å². The number of benzene rings is 1. The summed E-state index contributed by atoms with van der Waals surface area (Å²) in [7, 11) is 0. The van der Waals surface area contributed by atoms with Gasteiger partial charge in [0.1, 0.15) is 11.6 Å². The zero-order valence-corrected chi connectivity index (χ0v) is 13.8. The van der Waals surface area contributed by atoms with Crippen molar-refractivity contribution in [3.63, 3.8) is 0 Å². The van der Waals surface area contributed by atoms with Gasteiger partial charge in [0.2, 0.25) is 17.6 Å². The molecule has 1 aliphatic rings. The number of carbonyl (C=O) groups is 3. The number of amides is 3. The van der Waals surface area contributed by atoms with Crippen molar-refractivity contribution in [1.29, 1.82) is 0 Å². The molecule has 0 bridgehead atoms. The third kappa shape index (κ3) is 3.57. The molecule has 1 atom stereocenters. The predicted octanol–water partition coefficient (Wildman–Crippen LogP) is 1.12. The third-order valence-corrected chi connectivity index (χ3v) is 3.73. The number of nitrogens with one attached hydrogen (secondary N) is 3. The molecule has 1 saturated heterocycles. The standard InChI is InChI=1S/C14H12F3N5O3.ClH/c15-14(16,17)13-20-6-2-1-5(18)9(10(6)22-13)12(25)19-7-3-4-8(23)21-11(7)24;/h1-2,7H,3-4,18H2,(H,19,25)(H,20,22)(H,21,23,24);1H. The van der Waals surface area contributed by atoms with Gasteiger partial charge in [-0.2, -0.15) is 13.2 Å². The number of halogens is 4. The van der Waals surface area contributed by atoms with Gasteiger partial charge in [-0.3, -0.25) is 19.7 Å². The summed E-state index contributed by atoms with van der Waals surface area (Å²) >= 11 is 0. The molecule has 0 aliphatic carbocycles. The summed E-state index contributed by atoms with van der Waals surface area (Å²) in [6.07, 6.45) is -4.59. The number of aromatic amines is 1. The molecule has 3 rings (SSSR count). The smallest absolute Gasteiger partial charge is 0.398 e. The zero-order valence-electron chi connectivity index (χ0n) is 12.9. The van der Waals surface area contributed by atoms with Gasteiger partial charge in [0.15, 0.2) is 0 Å². The number of nitrogen functional groups attached to an aromatic ring is 1. The summed E-state index contributed by atoms with van der Waals surface area (Å²) in [6, 6.07) is 1.55. The summed E-state index contributed by atoms with van der Waals surface area (Å²) in [5, 5.41) is 4.44. The highest BCUT2D eigenvalue weighted by Gasteiger charge is 2.36. The van der Waals surface area contributed by atoms with Crippen LogP contribution in [0.2, 0.25) is 0 Å². The van der Waals surface area contributed by atoms with E-state index in [0.29, 0.717) is 0 Å². The second kappa shape index (κ2) is 6.83. The SMILES string of the molecule is Cl.Nc1ccc2[nH]c(C(F)(F)F)nc2c1C(=O)NC1CCC(=O)NC1=O. The number of nitrogens with two attached hydrogens (primary N) is 1. The van der Waals surface area contributed by atoms with E-state index in [1.807, 2.05) is 0 Å². The van der Waals surface area contributed by atoms with Gasteiger partial charge in [-0.1, -0.05) is 0 Å². The van der Waals surface area contributed by atoms with Crippen LogP contribution in [0, 0.1) is 0 Å². The van der Waals surface area contributed by atoms with Crippen LogP contribution >= 0.6 is 12.4 Å². The Morgan fingerprint density at radius 3 is 2.62 bits per heavy atom. The topological polar surface area (TPSA) is 130 Å². The Morgan fingerprint density at radius 2 is 2.00 bits per heavy atom. The average Bonchev–Trinajstić information content (AvgIpc) is 2.94. The summed E-state index contributed by atoms with van der Waals surface area (Å²) in [5.74, 6) is -3.26. The highest BCUT2D eigenvalue weighted by atomic mass is 35.5. The molecule has 0 saturated carbocycles. The Bertz CT molecular complexity index is 896. The first kappa shape index (κ1) is 19.5. The maximum Gasteiger partial charge on any atom is 0.449 e. The number of nitrogens with zero attached hydrogens (tertiary/aromatic N) is 1. The molecule has 3 amide bonds.